The van der Waals surface area contributed by atoms with Crippen molar-refractivity contribution in [3.05, 3.63) is 69.1 Å². The Morgan fingerprint density at radius 2 is 2.00 bits per heavy atom. The number of aryl methyl sites for hydroxylation is 1. The normalized spacial score (nSPS) is 15.0. The van der Waals surface area contributed by atoms with Gasteiger partial charge >= 0.3 is 0 Å². The predicted molar refractivity (Wildman–Crippen MR) is 76.0 cm³/mol. The number of rotatable bonds is 3. The van der Waals surface area contributed by atoms with Gasteiger partial charge in [0.25, 0.3) is 5.56 Å². The Labute approximate surface area is 121 Å². The maximum Gasteiger partial charge on any atom is 0.250 e. The molecule has 1 aliphatic rings. The van der Waals surface area contributed by atoms with E-state index in [1.165, 1.54) is 18.2 Å². The van der Waals surface area contributed by atoms with Gasteiger partial charge in [-0.25, -0.2) is 8.78 Å². The highest BCUT2D eigenvalue weighted by Gasteiger charge is 2.20. The number of hydrogen-bond donors (Lipinski definition) is 1. The number of pyridine rings is 1. The fraction of sp³-hybridized carbons (Fsp3) is 0.312. The molecule has 0 bridgehead atoms. The number of benzene rings is 1. The molecule has 0 radical (unpaired) electrons. The van der Waals surface area contributed by atoms with Crippen molar-refractivity contribution in [2.75, 3.05) is 0 Å². The zero-order valence-electron chi connectivity index (χ0n) is 11.5. The van der Waals surface area contributed by atoms with E-state index in [2.05, 4.69) is 0 Å². The van der Waals surface area contributed by atoms with Gasteiger partial charge in [-0.2, -0.15) is 0 Å². The second-order valence-corrected chi connectivity index (χ2v) is 5.36. The van der Waals surface area contributed by atoms with Gasteiger partial charge in [-0.3, -0.25) is 4.79 Å². The molecule has 0 fully saturated rings. The number of fused-ring (bicyclic) bond motifs is 1. The first-order valence-corrected chi connectivity index (χ1v) is 6.99. The number of halogens is 2. The molecular weight excluding hydrogens is 274 g/mol. The molecule has 3 nitrogen and oxygen atoms in total. The van der Waals surface area contributed by atoms with E-state index in [-0.39, 0.29) is 17.7 Å². The molecule has 2 aromatic rings. The summed E-state index contributed by atoms with van der Waals surface area (Å²) in [5, 5.41) is 0. The second-order valence-electron chi connectivity index (χ2n) is 5.36. The van der Waals surface area contributed by atoms with E-state index in [4.69, 9.17) is 5.73 Å². The van der Waals surface area contributed by atoms with E-state index in [1.807, 2.05) is 6.07 Å². The first kappa shape index (κ1) is 13.9. The molecule has 21 heavy (non-hydrogen) atoms. The number of nitrogens with two attached hydrogens (primary N) is 1. The van der Waals surface area contributed by atoms with Gasteiger partial charge in [0.1, 0.15) is 0 Å². The van der Waals surface area contributed by atoms with Gasteiger partial charge in [-0.15, -0.1) is 0 Å². The van der Waals surface area contributed by atoms with Crippen LogP contribution in [0.2, 0.25) is 0 Å². The quantitative estimate of drug-likeness (QED) is 0.943. The lowest BCUT2D eigenvalue weighted by Gasteiger charge is -2.18. The van der Waals surface area contributed by atoms with Gasteiger partial charge in [0.05, 0.1) is 6.04 Å². The van der Waals surface area contributed by atoms with Gasteiger partial charge in [-0.05, 0) is 30.9 Å². The Morgan fingerprint density at radius 1 is 1.19 bits per heavy atom. The molecular formula is C16H16F2N2O. The Bertz CT molecular complexity index is 740. The summed E-state index contributed by atoms with van der Waals surface area (Å²) in [6, 6.07) is 6.53. The third-order valence-corrected chi connectivity index (χ3v) is 4.01. The van der Waals surface area contributed by atoms with E-state index in [0.717, 1.165) is 36.6 Å². The minimum absolute atomic E-state index is 0.0949. The molecule has 0 spiro atoms. The average Bonchev–Trinajstić information content (AvgIpc) is 2.93. The molecule has 0 saturated carbocycles. The summed E-state index contributed by atoms with van der Waals surface area (Å²) in [6.45, 7) is 0.155. The Balaban J connectivity index is 1.96. The molecule has 1 atom stereocenters. The molecule has 2 N–H and O–H groups in total. The highest BCUT2D eigenvalue weighted by Crippen LogP contribution is 2.23. The van der Waals surface area contributed by atoms with Crippen LogP contribution < -0.4 is 11.3 Å². The number of hydrogen-bond acceptors (Lipinski definition) is 2. The Morgan fingerprint density at radius 3 is 2.81 bits per heavy atom. The predicted octanol–water partition coefficient (Wildman–Crippen LogP) is 2.32. The summed E-state index contributed by atoms with van der Waals surface area (Å²) in [6.07, 6.45) is 2.77. The van der Waals surface area contributed by atoms with Crippen molar-refractivity contribution in [3.63, 3.8) is 0 Å². The van der Waals surface area contributed by atoms with E-state index < -0.39 is 17.7 Å². The summed E-state index contributed by atoms with van der Waals surface area (Å²) >= 11 is 0. The first-order valence-electron chi connectivity index (χ1n) is 6.99. The van der Waals surface area contributed by atoms with Crippen LogP contribution in [-0.2, 0) is 19.4 Å². The monoisotopic (exact) mass is 290 g/mol. The first-order chi connectivity index (χ1) is 10.1. The van der Waals surface area contributed by atoms with Crippen LogP contribution >= 0.6 is 0 Å². The lowest BCUT2D eigenvalue weighted by molar-refractivity contribution is 0.469. The van der Waals surface area contributed by atoms with Crippen LogP contribution in [0.1, 0.15) is 29.3 Å². The van der Waals surface area contributed by atoms with Gasteiger partial charge in [0, 0.05) is 23.9 Å². The third-order valence-electron chi connectivity index (χ3n) is 4.01. The summed E-state index contributed by atoms with van der Waals surface area (Å²) in [5.74, 6) is -1.86. The smallest absolute Gasteiger partial charge is 0.250 e. The van der Waals surface area contributed by atoms with Crippen LogP contribution in [0.3, 0.4) is 0 Å². The molecule has 0 amide bonds. The van der Waals surface area contributed by atoms with Crippen molar-refractivity contribution < 1.29 is 8.78 Å². The van der Waals surface area contributed by atoms with Crippen LogP contribution in [0.15, 0.2) is 35.1 Å². The number of aromatic nitrogens is 1. The van der Waals surface area contributed by atoms with Crippen molar-refractivity contribution in [1.82, 2.24) is 4.57 Å². The minimum Gasteiger partial charge on any atom is -0.322 e. The van der Waals surface area contributed by atoms with Gasteiger partial charge in [0.15, 0.2) is 11.6 Å². The molecule has 1 heterocycles. The molecule has 3 rings (SSSR count). The highest BCUT2D eigenvalue weighted by atomic mass is 19.2. The van der Waals surface area contributed by atoms with Crippen LogP contribution in [0.5, 0.6) is 0 Å². The molecule has 1 aliphatic carbocycles. The summed E-state index contributed by atoms with van der Waals surface area (Å²) in [7, 11) is 0. The lowest BCUT2D eigenvalue weighted by atomic mass is 10.1. The SMILES string of the molecule is NC(Cn1c2c(ccc1=O)CCC2)c1cccc(F)c1F. The van der Waals surface area contributed by atoms with Crippen LogP contribution in [-0.4, -0.2) is 4.57 Å². The van der Waals surface area contributed by atoms with Crippen LogP contribution in [0, 0.1) is 11.6 Å². The molecule has 1 aromatic carbocycles. The fourth-order valence-electron chi connectivity index (χ4n) is 2.94. The van der Waals surface area contributed by atoms with E-state index in [1.54, 1.807) is 4.57 Å². The van der Waals surface area contributed by atoms with Crippen molar-refractivity contribution in [2.24, 2.45) is 5.73 Å². The molecule has 5 heteroatoms. The van der Waals surface area contributed by atoms with E-state index in [9.17, 15) is 13.6 Å². The highest BCUT2D eigenvalue weighted by molar-refractivity contribution is 5.27. The lowest BCUT2D eigenvalue weighted by Crippen LogP contribution is -2.29. The van der Waals surface area contributed by atoms with Crippen molar-refractivity contribution >= 4 is 0 Å². The molecule has 1 aromatic heterocycles. The van der Waals surface area contributed by atoms with Crippen molar-refractivity contribution in [2.45, 2.75) is 31.8 Å². The molecule has 0 saturated heterocycles. The average molecular weight is 290 g/mol. The second kappa shape index (κ2) is 5.41. The van der Waals surface area contributed by atoms with Crippen molar-refractivity contribution in [1.29, 1.82) is 0 Å². The standard InChI is InChI=1S/C16H16F2N2O/c17-12-5-2-4-11(16(12)18)13(19)9-20-14-6-1-3-10(14)7-8-15(20)21/h2,4-5,7-8,13H,1,3,6,9,19H2. The Kier molecular flexibility index (Phi) is 3.59. The molecule has 1 unspecified atom stereocenters. The topological polar surface area (TPSA) is 48.0 Å². The zero-order valence-corrected chi connectivity index (χ0v) is 11.5. The maximum absolute atomic E-state index is 13.8. The fourth-order valence-corrected chi connectivity index (χ4v) is 2.94. The Hall–Kier alpha value is -2.01. The van der Waals surface area contributed by atoms with E-state index in [0.29, 0.717) is 0 Å². The van der Waals surface area contributed by atoms with Crippen LogP contribution in [0.25, 0.3) is 0 Å². The zero-order chi connectivity index (χ0) is 15.0. The number of nitrogens with zero attached hydrogens (tertiary/aromatic N) is 1. The maximum atomic E-state index is 13.8. The molecule has 110 valence electrons. The largest absolute Gasteiger partial charge is 0.322 e. The van der Waals surface area contributed by atoms with Gasteiger partial charge in [0.2, 0.25) is 0 Å². The minimum atomic E-state index is -0.939. The van der Waals surface area contributed by atoms with Crippen molar-refractivity contribution in [3.8, 4) is 0 Å². The molecule has 0 aliphatic heterocycles. The third kappa shape index (κ3) is 2.49. The summed E-state index contributed by atoms with van der Waals surface area (Å²) in [4.78, 5) is 12.0. The van der Waals surface area contributed by atoms with E-state index >= 15 is 0 Å². The summed E-state index contributed by atoms with van der Waals surface area (Å²) in [5.41, 5.74) is 8.05. The van der Waals surface area contributed by atoms with Gasteiger partial charge < -0.3 is 10.3 Å². The van der Waals surface area contributed by atoms with Crippen LogP contribution in [0.4, 0.5) is 8.78 Å². The summed E-state index contributed by atoms with van der Waals surface area (Å²) < 4.78 is 28.7. The van der Waals surface area contributed by atoms with Gasteiger partial charge in [-0.1, -0.05) is 18.2 Å².